The molecule has 0 amide bonds. The first-order chi connectivity index (χ1) is 5.87. The molecule has 1 aliphatic heterocycles. The topological polar surface area (TPSA) is 3.24 Å². The van der Waals surface area contributed by atoms with Crippen LogP contribution in [0.5, 0.6) is 0 Å². The van der Waals surface area contributed by atoms with Gasteiger partial charge in [-0.15, -0.1) is 0 Å². The molecule has 0 spiro atoms. The third kappa shape index (κ3) is 2.77. The van der Waals surface area contributed by atoms with E-state index < -0.39 is 0 Å². The van der Waals surface area contributed by atoms with Gasteiger partial charge in [0.25, 0.3) is 0 Å². The van der Waals surface area contributed by atoms with Crippen molar-refractivity contribution >= 4 is 15.7 Å². The van der Waals surface area contributed by atoms with Gasteiger partial charge in [-0.1, -0.05) is 18.6 Å². The lowest BCUT2D eigenvalue weighted by molar-refractivity contribution is 0.142. The summed E-state index contributed by atoms with van der Waals surface area (Å²) < 4.78 is 0. The molecule has 0 aromatic heterocycles. The van der Waals surface area contributed by atoms with Crippen LogP contribution in [0.2, 0.25) is 5.21 Å². The Morgan fingerprint density at radius 3 is 2.38 bits per heavy atom. The molecule has 1 fully saturated rings. The Morgan fingerprint density at radius 1 is 1.38 bits per heavy atom. The lowest BCUT2D eigenvalue weighted by atomic mass is 9.54. The van der Waals surface area contributed by atoms with Gasteiger partial charge < -0.3 is 0 Å². The normalized spacial score (nSPS) is 23.6. The summed E-state index contributed by atoms with van der Waals surface area (Å²) in [4.78, 5) is 2.66. The molecule has 0 unspecified atom stereocenters. The summed E-state index contributed by atoms with van der Waals surface area (Å²) in [6.45, 7) is 9.62. The minimum atomic E-state index is 0.419. The highest BCUT2D eigenvalue weighted by atomic mass is 15.2. The van der Waals surface area contributed by atoms with Crippen LogP contribution in [0, 0.1) is 0 Å². The Labute approximate surface area is 85.1 Å². The van der Waals surface area contributed by atoms with E-state index in [4.69, 9.17) is 0 Å². The van der Waals surface area contributed by atoms with Crippen LogP contribution < -0.4 is 0 Å². The predicted octanol–water partition coefficient (Wildman–Crippen LogP) is 0.653. The molecule has 74 valence electrons. The maximum absolute atomic E-state index is 2.66. The molecule has 0 aromatic carbocycles. The van der Waals surface area contributed by atoms with Crippen molar-refractivity contribution in [2.24, 2.45) is 0 Å². The van der Waals surface area contributed by atoms with Gasteiger partial charge in [0, 0.05) is 5.54 Å². The van der Waals surface area contributed by atoms with E-state index in [0.29, 0.717) is 10.8 Å². The zero-order chi connectivity index (χ0) is 10.1. The molecule has 1 nitrogen and oxygen atoms in total. The maximum atomic E-state index is 2.66. The summed E-state index contributed by atoms with van der Waals surface area (Å²) in [7, 11) is 4.77. The quantitative estimate of drug-likeness (QED) is 0.575. The van der Waals surface area contributed by atoms with E-state index in [0.717, 1.165) is 0 Å². The molecule has 3 heteroatoms. The number of hydrogen-bond donors (Lipinski definition) is 0. The lowest BCUT2D eigenvalue weighted by Gasteiger charge is -2.36. The second-order valence-electron chi connectivity index (χ2n) is 5.90. The van der Waals surface area contributed by atoms with Crippen LogP contribution in [0.1, 0.15) is 40.0 Å². The lowest BCUT2D eigenvalue weighted by Crippen LogP contribution is -2.42. The fraction of sp³-hybridized carbons (Fsp3) is 1.00. The van der Waals surface area contributed by atoms with Crippen LogP contribution in [0.4, 0.5) is 0 Å². The summed E-state index contributed by atoms with van der Waals surface area (Å²) in [5, 5.41) is 0.547. The Bertz CT molecular complexity index is 178. The Kier molecular flexibility index (Phi) is 3.16. The van der Waals surface area contributed by atoms with Gasteiger partial charge in [0.15, 0.2) is 0 Å². The molecule has 0 N–H and O–H groups in total. The van der Waals surface area contributed by atoms with E-state index in [1.807, 2.05) is 0 Å². The van der Waals surface area contributed by atoms with Gasteiger partial charge in [-0.05, 0) is 39.8 Å². The van der Waals surface area contributed by atoms with E-state index in [9.17, 15) is 0 Å². The summed E-state index contributed by atoms with van der Waals surface area (Å²) in [5.41, 5.74) is 0.419. The fourth-order valence-corrected chi connectivity index (χ4v) is 2.40. The van der Waals surface area contributed by atoms with Crippen molar-refractivity contribution in [1.82, 2.24) is 4.90 Å². The van der Waals surface area contributed by atoms with E-state index >= 15 is 0 Å². The summed E-state index contributed by atoms with van der Waals surface area (Å²) >= 11 is 0. The molecule has 0 bridgehead atoms. The molecule has 0 radical (unpaired) electrons. The average Bonchev–Trinajstić information content (AvgIpc) is 2.30. The van der Waals surface area contributed by atoms with Crippen molar-refractivity contribution in [3.63, 3.8) is 0 Å². The van der Waals surface area contributed by atoms with Gasteiger partial charge in [0.2, 0.25) is 0 Å². The molecule has 0 aromatic rings. The van der Waals surface area contributed by atoms with E-state index in [2.05, 4.69) is 41.4 Å². The van der Waals surface area contributed by atoms with Crippen LogP contribution in [0.3, 0.4) is 0 Å². The Morgan fingerprint density at radius 2 is 2.00 bits per heavy atom. The highest BCUT2D eigenvalue weighted by molar-refractivity contribution is 6.40. The van der Waals surface area contributed by atoms with Gasteiger partial charge in [-0.25, -0.2) is 0 Å². The average molecular weight is 179 g/mol. The molecule has 0 atom stereocenters. The molecule has 1 rings (SSSR count). The summed E-state index contributed by atoms with van der Waals surface area (Å²) in [5.74, 6) is 0. The monoisotopic (exact) mass is 179 g/mol. The number of nitrogens with zero attached hydrogens (tertiary/aromatic N) is 1. The fourth-order valence-electron chi connectivity index (χ4n) is 2.40. The van der Waals surface area contributed by atoms with E-state index in [1.165, 1.54) is 32.4 Å². The first-order valence-corrected chi connectivity index (χ1v) is 5.62. The van der Waals surface area contributed by atoms with Crippen LogP contribution >= 0.6 is 0 Å². The number of hydrogen-bond acceptors (Lipinski definition) is 1. The van der Waals surface area contributed by atoms with E-state index in [-0.39, 0.29) is 0 Å². The second-order valence-corrected chi connectivity index (χ2v) is 5.90. The number of likely N-dealkylation sites (tertiary alicyclic amines) is 1. The van der Waals surface area contributed by atoms with Crippen LogP contribution in [0.25, 0.3) is 0 Å². The van der Waals surface area contributed by atoms with Crippen molar-refractivity contribution < 1.29 is 0 Å². The molecule has 0 saturated carbocycles. The summed E-state index contributed by atoms with van der Waals surface area (Å²) in [6.07, 6.45) is 3.98. The van der Waals surface area contributed by atoms with Crippen molar-refractivity contribution in [2.75, 3.05) is 13.1 Å². The molecule has 1 heterocycles. The van der Waals surface area contributed by atoms with Crippen LogP contribution in [-0.2, 0) is 0 Å². The molecular formula is C10H23B2N. The van der Waals surface area contributed by atoms with Gasteiger partial charge in [-0.3, -0.25) is 4.90 Å². The minimum absolute atomic E-state index is 0.419. The van der Waals surface area contributed by atoms with Crippen molar-refractivity contribution in [2.45, 2.75) is 50.8 Å². The zero-order valence-corrected chi connectivity index (χ0v) is 9.98. The SMILES string of the molecule is BC1(B)CCN(C(C)(C)CCC)C1. The first-order valence-electron chi connectivity index (χ1n) is 5.62. The molecule has 13 heavy (non-hydrogen) atoms. The van der Waals surface area contributed by atoms with Gasteiger partial charge >= 0.3 is 0 Å². The zero-order valence-electron chi connectivity index (χ0n) is 9.98. The largest absolute Gasteiger partial charge is 0.299 e. The van der Waals surface area contributed by atoms with Crippen molar-refractivity contribution in [3.05, 3.63) is 0 Å². The Hall–Kier alpha value is 0.0899. The standard InChI is InChI=1S/C10H23B2N/c1-4-5-9(2,3)13-7-6-10(11,12)8-13/h4-8,11-12H2,1-3H3. The predicted molar refractivity (Wildman–Crippen MR) is 65.0 cm³/mol. The molecular weight excluding hydrogens is 156 g/mol. The minimum Gasteiger partial charge on any atom is -0.299 e. The first kappa shape index (κ1) is 11.2. The van der Waals surface area contributed by atoms with Gasteiger partial charge in [0.1, 0.15) is 15.7 Å². The van der Waals surface area contributed by atoms with Gasteiger partial charge in [-0.2, -0.15) is 0 Å². The van der Waals surface area contributed by atoms with Crippen LogP contribution in [-0.4, -0.2) is 39.2 Å². The van der Waals surface area contributed by atoms with E-state index in [1.54, 1.807) is 0 Å². The number of rotatable bonds is 3. The van der Waals surface area contributed by atoms with Crippen molar-refractivity contribution in [3.8, 4) is 0 Å². The third-order valence-corrected chi connectivity index (χ3v) is 3.40. The molecule has 1 aliphatic rings. The summed E-state index contributed by atoms with van der Waals surface area (Å²) in [6, 6.07) is 0. The van der Waals surface area contributed by atoms with Gasteiger partial charge in [0.05, 0.1) is 0 Å². The highest BCUT2D eigenvalue weighted by Gasteiger charge is 2.36. The second kappa shape index (κ2) is 3.68. The highest BCUT2D eigenvalue weighted by Crippen LogP contribution is 2.35. The smallest absolute Gasteiger partial charge is 0.101 e. The molecule has 0 aliphatic carbocycles. The maximum Gasteiger partial charge on any atom is 0.101 e. The third-order valence-electron chi connectivity index (χ3n) is 3.40. The Balaban J connectivity index is 2.54. The van der Waals surface area contributed by atoms with Crippen LogP contribution in [0.15, 0.2) is 0 Å². The molecule has 1 saturated heterocycles. The van der Waals surface area contributed by atoms with Crippen molar-refractivity contribution in [1.29, 1.82) is 0 Å².